The normalized spacial score (nSPS) is 44.4. The van der Waals surface area contributed by atoms with Crippen molar-refractivity contribution in [1.29, 1.82) is 0 Å². The predicted molar refractivity (Wildman–Crippen MR) is 45.1 cm³/mol. The Hall–Kier alpha value is -0.240. The molecule has 5 atom stereocenters. The van der Waals surface area contributed by atoms with E-state index in [1.54, 1.807) is 13.8 Å². The highest BCUT2D eigenvalue weighted by atomic mass is 16.7. The minimum absolute atomic E-state index is 0.218. The molecule has 0 aromatic heterocycles. The van der Waals surface area contributed by atoms with Gasteiger partial charge in [-0.2, -0.15) is 0 Å². The van der Waals surface area contributed by atoms with Crippen molar-refractivity contribution in [3.05, 3.63) is 0 Å². The van der Waals surface area contributed by atoms with Gasteiger partial charge in [0.05, 0.1) is 6.10 Å². The van der Waals surface area contributed by atoms with Crippen LogP contribution in [-0.4, -0.2) is 57.4 Å². The molecular weight excluding hydrogens is 192 g/mol. The largest absolute Gasteiger partial charge is 0.387 e. The van der Waals surface area contributed by atoms with Gasteiger partial charge >= 0.3 is 0 Å². The van der Waals surface area contributed by atoms with E-state index in [9.17, 15) is 10.2 Å². The molecule has 6 heteroatoms. The van der Waals surface area contributed by atoms with Crippen LogP contribution < -0.4 is 0 Å². The number of aliphatic hydroxyl groups excluding tert-OH is 4. The number of hydrogen-bond acceptors (Lipinski definition) is 6. The zero-order valence-electron chi connectivity index (χ0n) is 8.07. The lowest BCUT2D eigenvalue weighted by atomic mass is 10.0. The molecule has 0 aromatic carbocycles. The quantitative estimate of drug-likeness (QED) is 0.426. The molecule has 1 heterocycles. The molecule has 84 valence electrons. The van der Waals surface area contributed by atoms with Crippen molar-refractivity contribution in [2.24, 2.45) is 0 Å². The lowest BCUT2D eigenvalue weighted by Gasteiger charge is -2.38. The van der Waals surface area contributed by atoms with Gasteiger partial charge in [-0.1, -0.05) is 0 Å². The van der Waals surface area contributed by atoms with Gasteiger partial charge in [0.1, 0.15) is 18.3 Å². The standard InChI is InChI=1S/C8H16O6/c1-3(2)13-8-6(11)4(9)5(10)7(12)14-8/h3-12H,1-2H3. The molecule has 1 saturated heterocycles. The summed E-state index contributed by atoms with van der Waals surface area (Å²) in [5, 5.41) is 36.9. The molecule has 0 aromatic rings. The van der Waals surface area contributed by atoms with Gasteiger partial charge in [-0.25, -0.2) is 0 Å². The molecule has 4 N–H and O–H groups in total. The number of aliphatic hydroxyl groups is 4. The van der Waals surface area contributed by atoms with Crippen LogP contribution in [0.3, 0.4) is 0 Å². The van der Waals surface area contributed by atoms with E-state index >= 15 is 0 Å². The summed E-state index contributed by atoms with van der Waals surface area (Å²) >= 11 is 0. The van der Waals surface area contributed by atoms with Gasteiger partial charge in [0, 0.05) is 0 Å². The van der Waals surface area contributed by atoms with Gasteiger partial charge in [-0.15, -0.1) is 0 Å². The zero-order chi connectivity index (χ0) is 10.9. The Morgan fingerprint density at radius 1 is 1.00 bits per heavy atom. The number of ether oxygens (including phenoxy) is 2. The van der Waals surface area contributed by atoms with Crippen LogP contribution in [0.1, 0.15) is 13.8 Å². The average molecular weight is 208 g/mol. The van der Waals surface area contributed by atoms with Crippen LogP contribution in [-0.2, 0) is 9.47 Å². The van der Waals surface area contributed by atoms with Crippen molar-refractivity contribution in [1.82, 2.24) is 0 Å². The molecule has 0 spiro atoms. The van der Waals surface area contributed by atoms with Crippen LogP contribution in [0.25, 0.3) is 0 Å². The van der Waals surface area contributed by atoms with Crippen molar-refractivity contribution in [3.8, 4) is 0 Å². The molecule has 0 saturated carbocycles. The van der Waals surface area contributed by atoms with Crippen molar-refractivity contribution >= 4 is 0 Å². The Morgan fingerprint density at radius 3 is 2.07 bits per heavy atom. The van der Waals surface area contributed by atoms with Crippen molar-refractivity contribution in [2.75, 3.05) is 0 Å². The van der Waals surface area contributed by atoms with E-state index < -0.39 is 30.9 Å². The van der Waals surface area contributed by atoms with Gasteiger partial charge in [0.25, 0.3) is 0 Å². The summed E-state index contributed by atoms with van der Waals surface area (Å²) < 4.78 is 9.85. The maximum absolute atomic E-state index is 9.40. The van der Waals surface area contributed by atoms with Crippen molar-refractivity contribution in [2.45, 2.75) is 50.8 Å². The van der Waals surface area contributed by atoms with E-state index in [1.165, 1.54) is 0 Å². The fourth-order valence-corrected chi connectivity index (χ4v) is 1.21. The highest BCUT2D eigenvalue weighted by Gasteiger charge is 2.43. The molecular formula is C8H16O6. The predicted octanol–water partition coefficient (Wildman–Crippen LogP) is -1.83. The van der Waals surface area contributed by atoms with E-state index in [0.29, 0.717) is 0 Å². The molecule has 5 unspecified atom stereocenters. The van der Waals surface area contributed by atoms with Crippen LogP contribution in [0.5, 0.6) is 0 Å². The number of rotatable bonds is 2. The maximum Gasteiger partial charge on any atom is 0.189 e. The summed E-state index contributed by atoms with van der Waals surface area (Å²) in [6, 6.07) is 0. The molecule has 14 heavy (non-hydrogen) atoms. The third-order valence-electron chi connectivity index (χ3n) is 1.95. The Kier molecular flexibility index (Phi) is 3.82. The van der Waals surface area contributed by atoms with Crippen LogP contribution >= 0.6 is 0 Å². The third kappa shape index (κ3) is 2.41. The summed E-state index contributed by atoms with van der Waals surface area (Å²) in [6.07, 6.45) is -7.24. The van der Waals surface area contributed by atoms with E-state index in [4.69, 9.17) is 19.7 Å². The highest BCUT2D eigenvalue weighted by molar-refractivity contribution is 4.84. The fourth-order valence-electron chi connectivity index (χ4n) is 1.21. The van der Waals surface area contributed by atoms with E-state index in [-0.39, 0.29) is 6.10 Å². The summed E-state index contributed by atoms with van der Waals surface area (Å²) in [6.45, 7) is 3.44. The van der Waals surface area contributed by atoms with Crippen LogP contribution in [0.15, 0.2) is 0 Å². The topological polar surface area (TPSA) is 99.4 Å². The molecule has 1 aliphatic rings. The molecule has 1 aliphatic heterocycles. The van der Waals surface area contributed by atoms with Crippen LogP contribution in [0, 0.1) is 0 Å². The van der Waals surface area contributed by atoms with E-state index in [1.807, 2.05) is 0 Å². The number of hydrogen-bond donors (Lipinski definition) is 4. The molecule has 0 aliphatic carbocycles. The molecule has 1 fully saturated rings. The van der Waals surface area contributed by atoms with Gasteiger partial charge in [0.2, 0.25) is 0 Å². The van der Waals surface area contributed by atoms with E-state index in [0.717, 1.165) is 0 Å². The Morgan fingerprint density at radius 2 is 1.57 bits per heavy atom. The summed E-state index contributed by atoms with van der Waals surface area (Å²) in [7, 11) is 0. The first kappa shape index (κ1) is 11.8. The van der Waals surface area contributed by atoms with E-state index in [2.05, 4.69) is 0 Å². The average Bonchev–Trinajstić information content (AvgIpc) is 2.10. The lowest BCUT2D eigenvalue weighted by molar-refractivity contribution is -0.345. The second kappa shape index (κ2) is 4.52. The van der Waals surface area contributed by atoms with Gasteiger partial charge in [-0.05, 0) is 13.8 Å². The molecule has 1 rings (SSSR count). The molecule has 0 radical (unpaired) electrons. The smallest absolute Gasteiger partial charge is 0.189 e. The Labute approximate surface area is 81.7 Å². The first-order valence-electron chi connectivity index (χ1n) is 4.46. The molecule has 0 amide bonds. The fraction of sp³-hybridized carbons (Fsp3) is 1.00. The first-order chi connectivity index (χ1) is 6.43. The Bertz CT molecular complexity index is 185. The minimum atomic E-state index is -1.54. The third-order valence-corrected chi connectivity index (χ3v) is 1.95. The molecule has 0 bridgehead atoms. The summed E-state index contributed by atoms with van der Waals surface area (Å²) in [5.41, 5.74) is 0. The first-order valence-corrected chi connectivity index (χ1v) is 4.46. The van der Waals surface area contributed by atoms with Gasteiger partial charge < -0.3 is 29.9 Å². The second-order valence-corrected chi connectivity index (χ2v) is 3.55. The summed E-state index contributed by atoms with van der Waals surface area (Å²) in [5.74, 6) is 0. The SMILES string of the molecule is CC(C)OC1OC(O)C(O)C(O)C1O. The van der Waals surface area contributed by atoms with Gasteiger partial charge in [-0.3, -0.25) is 0 Å². The lowest BCUT2D eigenvalue weighted by Crippen LogP contribution is -2.58. The van der Waals surface area contributed by atoms with Crippen molar-refractivity contribution < 1.29 is 29.9 Å². The minimum Gasteiger partial charge on any atom is -0.387 e. The monoisotopic (exact) mass is 208 g/mol. The van der Waals surface area contributed by atoms with Crippen LogP contribution in [0.2, 0.25) is 0 Å². The summed E-state index contributed by atoms with van der Waals surface area (Å²) in [4.78, 5) is 0. The highest BCUT2D eigenvalue weighted by Crippen LogP contribution is 2.21. The Balaban J connectivity index is 2.60. The maximum atomic E-state index is 9.40. The second-order valence-electron chi connectivity index (χ2n) is 3.55. The van der Waals surface area contributed by atoms with Crippen LogP contribution in [0.4, 0.5) is 0 Å². The van der Waals surface area contributed by atoms with Crippen molar-refractivity contribution in [3.63, 3.8) is 0 Å². The van der Waals surface area contributed by atoms with Gasteiger partial charge in [0.15, 0.2) is 12.6 Å². The molecule has 6 nitrogen and oxygen atoms in total. The zero-order valence-corrected chi connectivity index (χ0v) is 8.07.